The molecule has 4 heteroatoms. The molecule has 0 spiro atoms. The SMILES string of the molecule is NCCOc1cccc(OCCCOCC2=CCCC=C2)c1. The number of rotatable bonds is 10. The van der Waals surface area contributed by atoms with E-state index >= 15 is 0 Å². The maximum atomic E-state index is 5.70. The van der Waals surface area contributed by atoms with Gasteiger partial charge in [0.2, 0.25) is 0 Å². The third kappa shape index (κ3) is 6.33. The average Bonchev–Trinajstić information content (AvgIpc) is 2.57. The van der Waals surface area contributed by atoms with Gasteiger partial charge in [0.15, 0.2) is 0 Å². The first-order valence-electron chi connectivity index (χ1n) is 7.87. The first kappa shape index (κ1) is 16.6. The first-order chi connectivity index (χ1) is 10.9. The summed E-state index contributed by atoms with van der Waals surface area (Å²) in [5, 5.41) is 0. The van der Waals surface area contributed by atoms with Crippen LogP contribution in [0.3, 0.4) is 0 Å². The maximum absolute atomic E-state index is 5.70. The summed E-state index contributed by atoms with van der Waals surface area (Å²) in [7, 11) is 0. The van der Waals surface area contributed by atoms with E-state index in [9.17, 15) is 0 Å². The molecule has 120 valence electrons. The van der Waals surface area contributed by atoms with Crippen LogP contribution in [0.4, 0.5) is 0 Å². The van der Waals surface area contributed by atoms with E-state index in [0.29, 0.717) is 33.0 Å². The van der Waals surface area contributed by atoms with E-state index in [-0.39, 0.29) is 0 Å². The molecule has 0 unspecified atom stereocenters. The molecule has 4 nitrogen and oxygen atoms in total. The summed E-state index contributed by atoms with van der Waals surface area (Å²) < 4.78 is 16.8. The number of benzene rings is 1. The standard InChI is InChI=1S/C18H25NO3/c19-10-13-22-18-9-4-8-17(14-18)21-12-5-11-20-15-16-6-2-1-3-7-16/h2,4,6-9,14H,1,3,5,10-13,15,19H2. The lowest BCUT2D eigenvalue weighted by Crippen LogP contribution is -2.10. The van der Waals surface area contributed by atoms with Crippen LogP contribution < -0.4 is 15.2 Å². The molecular formula is C18H25NO3. The van der Waals surface area contributed by atoms with Gasteiger partial charge in [0.1, 0.15) is 18.1 Å². The molecular weight excluding hydrogens is 278 g/mol. The fraction of sp³-hybridized carbons (Fsp3) is 0.444. The van der Waals surface area contributed by atoms with Crippen LogP contribution in [-0.4, -0.2) is 33.0 Å². The summed E-state index contributed by atoms with van der Waals surface area (Å²) in [5.74, 6) is 1.60. The molecule has 1 aliphatic carbocycles. The van der Waals surface area contributed by atoms with E-state index in [1.54, 1.807) is 0 Å². The number of allylic oxidation sites excluding steroid dienone is 2. The second-order valence-corrected chi connectivity index (χ2v) is 5.13. The lowest BCUT2D eigenvalue weighted by molar-refractivity contribution is 0.139. The predicted molar refractivity (Wildman–Crippen MR) is 88.4 cm³/mol. The molecule has 22 heavy (non-hydrogen) atoms. The quantitative estimate of drug-likeness (QED) is 0.675. The van der Waals surface area contributed by atoms with Crippen molar-refractivity contribution in [1.82, 2.24) is 0 Å². The molecule has 0 bridgehead atoms. The van der Waals surface area contributed by atoms with Crippen LogP contribution in [0.2, 0.25) is 0 Å². The van der Waals surface area contributed by atoms with Crippen molar-refractivity contribution in [3.8, 4) is 11.5 Å². The normalized spacial score (nSPS) is 13.8. The van der Waals surface area contributed by atoms with Gasteiger partial charge in [-0.1, -0.05) is 24.3 Å². The minimum absolute atomic E-state index is 0.508. The molecule has 2 rings (SSSR count). The van der Waals surface area contributed by atoms with Crippen LogP contribution in [0.5, 0.6) is 11.5 Å². The van der Waals surface area contributed by atoms with Crippen LogP contribution in [0.1, 0.15) is 19.3 Å². The van der Waals surface area contributed by atoms with Gasteiger partial charge < -0.3 is 19.9 Å². The topological polar surface area (TPSA) is 53.7 Å². The number of hydrogen-bond donors (Lipinski definition) is 1. The van der Waals surface area contributed by atoms with Gasteiger partial charge in [0, 0.05) is 19.0 Å². The number of nitrogens with two attached hydrogens (primary N) is 1. The average molecular weight is 303 g/mol. The molecule has 0 saturated heterocycles. The highest BCUT2D eigenvalue weighted by atomic mass is 16.5. The Labute approximate surface area is 132 Å². The molecule has 0 fully saturated rings. The number of ether oxygens (including phenoxy) is 3. The summed E-state index contributed by atoms with van der Waals surface area (Å²) in [6.07, 6.45) is 9.72. The first-order valence-corrected chi connectivity index (χ1v) is 7.87. The van der Waals surface area contributed by atoms with Crippen molar-refractivity contribution in [3.63, 3.8) is 0 Å². The Morgan fingerprint density at radius 3 is 2.55 bits per heavy atom. The van der Waals surface area contributed by atoms with Gasteiger partial charge in [-0.05, 0) is 30.5 Å². The van der Waals surface area contributed by atoms with Gasteiger partial charge in [-0.15, -0.1) is 0 Å². The Morgan fingerprint density at radius 1 is 1.00 bits per heavy atom. The third-order valence-corrected chi connectivity index (χ3v) is 3.23. The fourth-order valence-corrected chi connectivity index (χ4v) is 2.15. The predicted octanol–water partition coefficient (Wildman–Crippen LogP) is 3.09. The Hall–Kier alpha value is -1.78. The summed E-state index contributed by atoms with van der Waals surface area (Å²) in [4.78, 5) is 0. The largest absolute Gasteiger partial charge is 0.493 e. The van der Waals surface area contributed by atoms with E-state index in [2.05, 4.69) is 18.2 Å². The van der Waals surface area contributed by atoms with Crippen molar-refractivity contribution in [2.24, 2.45) is 5.73 Å². The van der Waals surface area contributed by atoms with Gasteiger partial charge in [-0.2, -0.15) is 0 Å². The van der Waals surface area contributed by atoms with Crippen molar-refractivity contribution >= 4 is 0 Å². The second kappa shape index (κ2) is 10.0. The molecule has 0 aromatic heterocycles. The Balaban J connectivity index is 1.58. The van der Waals surface area contributed by atoms with E-state index in [4.69, 9.17) is 19.9 Å². The molecule has 0 amide bonds. The van der Waals surface area contributed by atoms with Crippen LogP contribution in [0.25, 0.3) is 0 Å². The van der Waals surface area contributed by atoms with E-state index in [1.807, 2.05) is 24.3 Å². The van der Waals surface area contributed by atoms with Crippen molar-refractivity contribution in [1.29, 1.82) is 0 Å². The summed E-state index contributed by atoms with van der Waals surface area (Å²) in [5.41, 5.74) is 6.69. The zero-order valence-corrected chi connectivity index (χ0v) is 13.0. The smallest absolute Gasteiger partial charge is 0.123 e. The lowest BCUT2D eigenvalue weighted by atomic mass is 10.1. The van der Waals surface area contributed by atoms with Crippen LogP contribution in [0.15, 0.2) is 48.1 Å². The molecule has 0 radical (unpaired) electrons. The van der Waals surface area contributed by atoms with Gasteiger partial charge in [0.25, 0.3) is 0 Å². The molecule has 0 aliphatic heterocycles. The van der Waals surface area contributed by atoms with Crippen LogP contribution in [-0.2, 0) is 4.74 Å². The monoisotopic (exact) mass is 303 g/mol. The summed E-state index contributed by atoms with van der Waals surface area (Å²) in [6, 6.07) is 7.62. The zero-order chi connectivity index (χ0) is 15.5. The Morgan fingerprint density at radius 2 is 1.82 bits per heavy atom. The fourth-order valence-electron chi connectivity index (χ4n) is 2.15. The van der Waals surface area contributed by atoms with Gasteiger partial charge >= 0.3 is 0 Å². The van der Waals surface area contributed by atoms with E-state index < -0.39 is 0 Å². The van der Waals surface area contributed by atoms with Crippen molar-refractivity contribution in [2.45, 2.75) is 19.3 Å². The van der Waals surface area contributed by atoms with Gasteiger partial charge in [0.05, 0.1) is 19.8 Å². The van der Waals surface area contributed by atoms with E-state index in [1.165, 1.54) is 5.57 Å². The lowest BCUT2D eigenvalue weighted by Gasteiger charge is -2.10. The van der Waals surface area contributed by atoms with Crippen LogP contribution >= 0.6 is 0 Å². The molecule has 0 saturated carbocycles. The van der Waals surface area contributed by atoms with Crippen LogP contribution in [0, 0.1) is 0 Å². The number of hydrogen-bond acceptors (Lipinski definition) is 4. The second-order valence-electron chi connectivity index (χ2n) is 5.13. The molecule has 1 aromatic rings. The van der Waals surface area contributed by atoms with Gasteiger partial charge in [-0.3, -0.25) is 0 Å². The molecule has 1 aliphatic rings. The van der Waals surface area contributed by atoms with Crippen molar-refractivity contribution in [2.75, 3.05) is 33.0 Å². The summed E-state index contributed by atoms with van der Waals surface area (Å²) in [6.45, 7) is 3.05. The van der Waals surface area contributed by atoms with Crippen molar-refractivity contribution in [3.05, 3.63) is 48.1 Å². The maximum Gasteiger partial charge on any atom is 0.123 e. The molecule has 2 N–H and O–H groups in total. The summed E-state index contributed by atoms with van der Waals surface area (Å²) >= 11 is 0. The minimum atomic E-state index is 0.508. The minimum Gasteiger partial charge on any atom is -0.493 e. The third-order valence-electron chi connectivity index (χ3n) is 3.23. The highest BCUT2D eigenvalue weighted by Crippen LogP contribution is 2.19. The van der Waals surface area contributed by atoms with Crippen molar-refractivity contribution < 1.29 is 14.2 Å². The zero-order valence-electron chi connectivity index (χ0n) is 13.0. The molecule has 0 atom stereocenters. The Kier molecular flexibility index (Phi) is 7.56. The molecule has 1 aromatic carbocycles. The van der Waals surface area contributed by atoms with Gasteiger partial charge in [-0.25, -0.2) is 0 Å². The van der Waals surface area contributed by atoms with E-state index in [0.717, 1.165) is 30.8 Å². The molecule has 0 heterocycles. The Bertz CT molecular complexity index is 497. The highest BCUT2D eigenvalue weighted by molar-refractivity contribution is 5.32. The highest BCUT2D eigenvalue weighted by Gasteiger charge is 1.99.